The Hall–Kier alpha value is -3.23. The number of ketones is 1. The number of benzene rings is 2. The third kappa shape index (κ3) is 3.24. The zero-order chi connectivity index (χ0) is 23.6. The van der Waals surface area contributed by atoms with E-state index in [1.807, 2.05) is 67.6 Å². The summed E-state index contributed by atoms with van der Waals surface area (Å²) in [5.41, 5.74) is 0.497. The lowest BCUT2D eigenvalue weighted by Gasteiger charge is -2.45. The largest absolute Gasteiger partial charge is 0.465 e. The highest BCUT2D eigenvalue weighted by atomic mass is 79.9. The number of furan rings is 1. The van der Waals surface area contributed by atoms with Crippen LogP contribution in [0.15, 0.2) is 79.3 Å². The number of nitrogens with zero attached hydrogens (tertiary/aromatic N) is 2. The lowest BCUT2D eigenvalue weighted by atomic mass is 9.79. The Morgan fingerprint density at radius 1 is 1.15 bits per heavy atom. The lowest BCUT2D eigenvalue weighted by molar-refractivity contribution is -0.132. The molecule has 3 atom stereocenters. The minimum Gasteiger partial charge on any atom is -0.465 e. The molecule has 8 heteroatoms. The van der Waals surface area contributed by atoms with E-state index in [0.717, 1.165) is 15.6 Å². The predicted octanol–water partition coefficient (Wildman–Crippen LogP) is 4.30. The molecule has 2 aliphatic rings. The van der Waals surface area contributed by atoms with Crippen molar-refractivity contribution in [1.82, 2.24) is 4.57 Å². The Morgan fingerprint density at radius 2 is 1.91 bits per heavy atom. The maximum Gasteiger partial charge on any atom is 0.271 e. The van der Waals surface area contributed by atoms with Gasteiger partial charge < -0.3 is 9.15 Å². The van der Waals surface area contributed by atoms with Gasteiger partial charge in [-0.2, -0.15) is 0 Å². The molecule has 6 rings (SSSR count). The molecule has 0 saturated heterocycles. The molecule has 0 aliphatic carbocycles. The van der Waals surface area contributed by atoms with Crippen molar-refractivity contribution >= 4 is 39.1 Å². The highest BCUT2D eigenvalue weighted by molar-refractivity contribution is 9.10. The van der Waals surface area contributed by atoms with Crippen LogP contribution in [-0.2, 0) is 4.79 Å². The SMILES string of the molecule is CC(=O)[C@@H]1[C@H]2c3ccccc3O[C@]1(C)N=c1s/c(=C/c3ccc(-c4ccc(Br)cc4)o3)c(=O)n12. The molecule has 0 spiro atoms. The predicted molar refractivity (Wildman–Crippen MR) is 133 cm³/mol. The number of aromatic nitrogens is 1. The van der Waals surface area contributed by atoms with Gasteiger partial charge in [0.15, 0.2) is 4.80 Å². The molecule has 2 aromatic heterocycles. The second-order valence-corrected chi connectivity index (χ2v) is 10.5. The Labute approximate surface area is 207 Å². The quantitative estimate of drug-likeness (QED) is 0.392. The van der Waals surface area contributed by atoms with Crippen molar-refractivity contribution in [2.75, 3.05) is 0 Å². The van der Waals surface area contributed by atoms with E-state index >= 15 is 0 Å². The van der Waals surface area contributed by atoms with E-state index in [0.29, 0.717) is 26.6 Å². The van der Waals surface area contributed by atoms with Gasteiger partial charge in [0.1, 0.15) is 29.0 Å². The van der Waals surface area contributed by atoms with Gasteiger partial charge in [-0.1, -0.05) is 57.6 Å². The lowest BCUT2D eigenvalue weighted by Crippen LogP contribution is -2.58. The molecule has 2 aliphatic heterocycles. The third-order valence-corrected chi connectivity index (χ3v) is 7.86. The summed E-state index contributed by atoms with van der Waals surface area (Å²) >= 11 is 4.72. The van der Waals surface area contributed by atoms with Gasteiger partial charge >= 0.3 is 0 Å². The molecule has 4 aromatic rings. The van der Waals surface area contributed by atoms with Crippen molar-refractivity contribution < 1.29 is 13.9 Å². The Bertz CT molecular complexity index is 1630. The van der Waals surface area contributed by atoms with Gasteiger partial charge in [0.2, 0.25) is 5.72 Å². The van der Waals surface area contributed by atoms with Crippen LogP contribution >= 0.6 is 27.3 Å². The van der Waals surface area contributed by atoms with Gasteiger partial charge in [-0.25, -0.2) is 4.99 Å². The number of carbonyl (C=O) groups excluding carboxylic acids is 1. The first-order valence-corrected chi connectivity index (χ1v) is 12.4. The van der Waals surface area contributed by atoms with Crippen LogP contribution in [0.1, 0.15) is 31.2 Å². The van der Waals surface area contributed by atoms with E-state index in [9.17, 15) is 9.59 Å². The van der Waals surface area contributed by atoms with Crippen molar-refractivity contribution in [3.8, 4) is 17.1 Å². The molecule has 0 saturated carbocycles. The Balaban J connectivity index is 1.51. The highest BCUT2D eigenvalue weighted by Gasteiger charge is 2.53. The number of rotatable bonds is 3. The summed E-state index contributed by atoms with van der Waals surface area (Å²) in [6, 6.07) is 18.6. The Morgan fingerprint density at radius 3 is 2.68 bits per heavy atom. The molecule has 4 heterocycles. The molecule has 170 valence electrons. The number of fused-ring (bicyclic) bond motifs is 6. The molecule has 0 N–H and O–H groups in total. The van der Waals surface area contributed by atoms with Gasteiger partial charge in [-0.15, -0.1) is 0 Å². The van der Waals surface area contributed by atoms with E-state index in [-0.39, 0.29) is 11.3 Å². The fourth-order valence-electron chi connectivity index (χ4n) is 4.89. The van der Waals surface area contributed by atoms with Crippen LogP contribution in [0, 0.1) is 5.92 Å². The van der Waals surface area contributed by atoms with Crippen molar-refractivity contribution in [1.29, 1.82) is 0 Å². The van der Waals surface area contributed by atoms with Gasteiger partial charge in [0.05, 0.1) is 10.6 Å². The first kappa shape index (κ1) is 21.3. The summed E-state index contributed by atoms with van der Waals surface area (Å²) in [5, 5.41) is 0. The van der Waals surface area contributed by atoms with Gasteiger partial charge in [0.25, 0.3) is 5.56 Å². The summed E-state index contributed by atoms with van der Waals surface area (Å²) < 4.78 is 15.3. The minimum atomic E-state index is -1.07. The van der Waals surface area contributed by atoms with E-state index < -0.39 is 17.7 Å². The maximum atomic E-state index is 13.6. The summed E-state index contributed by atoms with van der Waals surface area (Å²) in [6.07, 6.45) is 1.73. The zero-order valence-electron chi connectivity index (χ0n) is 18.3. The first-order valence-electron chi connectivity index (χ1n) is 10.8. The molecule has 34 heavy (non-hydrogen) atoms. The van der Waals surface area contributed by atoms with E-state index in [1.54, 1.807) is 10.6 Å². The molecule has 0 radical (unpaired) electrons. The fraction of sp³-hybridized carbons (Fsp3) is 0.192. The standard InChI is InChI=1S/C26H19BrN2O4S/c1-14(30)22-23-18-5-3-4-6-20(18)33-26(22,2)28-25-29(23)24(31)21(34-25)13-17-11-12-19(32-17)15-7-9-16(27)10-8-15/h3-13,22-23H,1-2H3/b21-13+/t22-,23-,26+/m1/s1. The maximum absolute atomic E-state index is 13.6. The monoisotopic (exact) mass is 534 g/mol. The number of hydrogen-bond donors (Lipinski definition) is 0. The zero-order valence-corrected chi connectivity index (χ0v) is 20.7. The molecule has 6 nitrogen and oxygen atoms in total. The molecular formula is C26H19BrN2O4S. The summed E-state index contributed by atoms with van der Waals surface area (Å²) in [7, 11) is 0. The van der Waals surface area contributed by atoms with Crippen LogP contribution in [0.4, 0.5) is 0 Å². The molecule has 2 bridgehead atoms. The number of ether oxygens (including phenoxy) is 1. The van der Waals surface area contributed by atoms with Gasteiger partial charge in [-0.05, 0) is 44.2 Å². The van der Waals surface area contributed by atoms with Crippen molar-refractivity contribution in [3.63, 3.8) is 0 Å². The van der Waals surface area contributed by atoms with Crippen LogP contribution in [0.2, 0.25) is 0 Å². The number of hydrogen-bond acceptors (Lipinski definition) is 6. The van der Waals surface area contributed by atoms with Crippen LogP contribution < -0.4 is 19.6 Å². The summed E-state index contributed by atoms with van der Waals surface area (Å²) in [5.74, 6) is 1.28. The third-order valence-electron chi connectivity index (χ3n) is 6.35. The van der Waals surface area contributed by atoms with E-state index in [4.69, 9.17) is 14.1 Å². The number of Topliss-reactive ketones (excluding diaryl/α,β-unsaturated/α-hetero) is 1. The van der Waals surface area contributed by atoms with E-state index in [2.05, 4.69) is 15.9 Å². The smallest absolute Gasteiger partial charge is 0.271 e. The summed E-state index contributed by atoms with van der Waals surface area (Å²) in [6.45, 7) is 3.35. The van der Waals surface area contributed by atoms with Crippen LogP contribution in [0.3, 0.4) is 0 Å². The molecule has 0 unspecified atom stereocenters. The average Bonchev–Trinajstić information content (AvgIpc) is 3.37. The van der Waals surface area contributed by atoms with Crippen LogP contribution in [0.25, 0.3) is 17.4 Å². The number of halogens is 1. The highest BCUT2D eigenvalue weighted by Crippen LogP contribution is 2.47. The van der Waals surface area contributed by atoms with E-state index in [1.165, 1.54) is 18.3 Å². The normalized spacial score (nSPS) is 23.0. The average molecular weight is 535 g/mol. The topological polar surface area (TPSA) is 73.8 Å². The summed E-state index contributed by atoms with van der Waals surface area (Å²) in [4.78, 5) is 31.6. The van der Waals surface area contributed by atoms with Gasteiger partial charge in [-0.3, -0.25) is 14.2 Å². The molecule has 2 aromatic carbocycles. The number of thiazole rings is 1. The van der Waals surface area contributed by atoms with Crippen LogP contribution in [0.5, 0.6) is 5.75 Å². The Kier molecular flexibility index (Phi) is 4.79. The van der Waals surface area contributed by atoms with Crippen molar-refractivity contribution in [2.45, 2.75) is 25.6 Å². The second kappa shape index (κ2) is 7.65. The second-order valence-electron chi connectivity index (χ2n) is 8.62. The molecule has 0 fully saturated rings. The minimum absolute atomic E-state index is 0.0646. The fourth-order valence-corrected chi connectivity index (χ4v) is 6.23. The van der Waals surface area contributed by atoms with Crippen molar-refractivity contribution in [2.24, 2.45) is 10.9 Å². The first-order chi connectivity index (χ1) is 16.3. The molecule has 0 amide bonds. The number of carbonyl (C=O) groups is 1. The van der Waals surface area contributed by atoms with Crippen molar-refractivity contribution in [3.05, 3.63) is 96.1 Å². The van der Waals surface area contributed by atoms with Crippen LogP contribution in [-0.4, -0.2) is 16.1 Å². The number of para-hydroxylation sites is 1. The molecular weight excluding hydrogens is 516 g/mol. The van der Waals surface area contributed by atoms with Gasteiger partial charge in [0, 0.05) is 21.7 Å².